The normalized spacial score (nSPS) is 10.9. The molecule has 0 fully saturated rings. The zero-order chi connectivity index (χ0) is 16.4. The van der Waals surface area contributed by atoms with Crippen molar-refractivity contribution in [2.75, 3.05) is 5.32 Å². The molecule has 0 aliphatic carbocycles. The van der Waals surface area contributed by atoms with E-state index < -0.39 is 0 Å². The minimum Gasteiger partial charge on any atom is -0.441 e. The number of fused-ring (bicyclic) bond motifs is 1. The molecule has 0 aliphatic rings. The van der Waals surface area contributed by atoms with E-state index in [0.717, 1.165) is 11.1 Å². The number of nitrogens with zero attached hydrogens (tertiary/aromatic N) is 1. The number of benzene rings is 2. The molecule has 0 spiro atoms. The molecule has 0 aliphatic heterocycles. The number of hydrogen-bond acceptors (Lipinski definition) is 3. The maximum Gasteiger partial charge on any atom is 0.224 e. The van der Waals surface area contributed by atoms with E-state index in [0.29, 0.717) is 40.0 Å². The van der Waals surface area contributed by atoms with Gasteiger partial charge < -0.3 is 9.73 Å². The molecule has 0 saturated carbocycles. The summed E-state index contributed by atoms with van der Waals surface area (Å²) in [7, 11) is 0. The zero-order valence-corrected chi connectivity index (χ0v) is 13.9. The number of halogens is 2. The predicted molar refractivity (Wildman–Crippen MR) is 92.2 cm³/mol. The van der Waals surface area contributed by atoms with Crippen LogP contribution in [0.25, 0.3) is 11.1 Å². The average Bonchev–Trinajstić information content (AvgIpc) is 2.85. The molecule has 0 bridgehead atoms. The van der Waals surface area contributed by atoms with Gasteiger partial charge in [-0.2, -0.15) is 0 Å². The summed E-state index contributed by atoms with van der Waals surface area (Å²) in [5, 5.41) is 4.01. The Bertz CT molecular complexity index is 874. The molecule has 3 aromatic rings. The quantitative estimate of drug-likeness (QED) is 0.720. The van der Waals surface area contributed by atoms with Crippen molar-refractivity contribution >= 4 is 45.9 Å². The summed E-state index contributed by atoms with van der Waals surface area (Å²) in [4.78, 5) is 16.3. The lowest BCUT2D eigenvalue weighted by atomic mass is 10.1. The maximum atomic E-state index is 12.1. The van der Waals surface area contributed by atoms with Crippen molar-refractivity contribution in [3.63, 3.8) is 0 Å². The van der Waals surface area contributed by atoms with E-state index in [1.807, 2.05) is 6.07 Å². The van der Waals surface area contributed by atoms with Crippen LogP contribution in [-0.4, -0.2) is 10.9 Å². The Morgan fingerprint density at radius 1 is 1.22 bits per heavy atom. The van der Waals surface area contributed by atoms with Gasteiger partial charge in [0.2, 0.25) is 5.91 Å². The van der Waals surface area contributed by atoms with Gasteiger partial charge in [0, 0.05) is 29.1 Å². The Morgan fingerprint density at radius 3 is 2.83 bits per heavy atom. The summed E-state index contributed by atoms with van der Waals surface area (Å²) in [6, 6.07) is 10.7. The van der Waals surface area contributed by atoms with Crippen LogP contribution in [0.15, 0.2) is 40.8 Å². The van der Waals surface area contributed by atoms with Gasteiger partial charge in [-0.1, -0.05) is 29.3 Å². The first-order chi connectivity index (χ1) is 11.0. The third-order valence-corrected chi connectivity index (χ3v) is 4.00. The summed E-state index contributed by atoms with van der Waals surface area (Å²) < 4.78 is 5.41. The number of amides is 1. The van der Waals surface area contributed by atoms with E-state index in [9.17, 15) is 4.79 Å². The fourth-order valence-electron chi connectivity index (χ4n) is 2.32. The van der Waals surface area contributed by atoms with Gasteiger partial charge in [-0.05, 0) is 42.3 Å². The molecule has 0 unspecified atom stereocenters. The lowest BCUT2D eigenvalue weighted by Crippen LogP contribution is -2.12. The number of nitrogens with one attached hydrogen (secondary N) is 1. The molecule has 1 heterocycles. The number of rotatable bonds is 4. The molecule has 0 atom stereocenters. The van der Waals surface area contributed by atoms with Crippen LogP contribution in [0.4, 0.5) is 5.69 Å². The van der Waals surface area contributed by atoms with Crippen LogP contribution in [0.3, 0.4) is 0 Å². The highest BCUT2D eigenvalue weighted by Crippen LogP contribution is 2.23. The molecule has 0 saturated heterocycles. The second-order valence-electron chi connectivity index (χ2n) is 5.20. The van der Waals surface area contributed by atoms with Gasteiger partial charge in [-0.3, -0.25) is 4.79 Å². The molecule has 1 aromatic heterocycles. The van der Waals surface area contributed by atoms with E-state index >= 15 is 0 Å². The van der Waals surface area contributed by atoms with Crippen molar-refractivity contribution in [2.24, 2.45) is 0 Å². The van der Waals surface area contributed by atoms with E-state index in [1.54, 1.807) is 37.3 Å². The molecule has 23 heavy (non-hydrogen) atoms. The van der Waals surface area contributed by atoms with Crippen LogP contribution in [0.2, 0.25) is 10.0 Å². The van der Waals surface area contributed by atoms with Crippen LogP contribution in [-0.2, 0) is 11.2 Å². The predicted octanol–water partition coefficient (Wildman–Crippen LogP) is 5.01. The molecule has 1 amide bonds. The Morgan fingerprint density at radius 2 is 2.04 bits per heavy atom. The highest BCUT2D eigenvalue weighted by atomic mass is 35.5. The minimum atomic E-state index is -0.0874. The van der Waals surface area contributed by atoms with Crippen molar-refractivity contribution < 1.29 is 9.21 Å². The van der Waals surface area contributed by atoms with Crippen LogP contribution in [0, 0.1) is 6.92 Å². The maximum absolute atomic E-state index is 12.1. The Balaban J connectivity index is 1.63. The Kier molecular flexibility index (Phi) is 4.55. The number of anilines is 1. The van der Waals surface area contributed by atoms with Gasteiger partial charge in [0.1, 0.15) is 5.52 Å². The summed E-state index contributed by atoms with van der Waals surface area (Å²) in [5.74, 6) is 0.511. The van der Waals surface area contributed by atoms with E-state index in [-0.39, 0.29) is 5.91 Å². The van der Waals surface area contributed by atoms with Crippen molar-refractivity contribution in [1.29, 1.82) is 0 Å². The van der Waals surface area contributed by atoms with E-state index in [1.165, 1.54) is 0 Å². The van der Waals surface area contributed by atoms with E-state index in [4.69, 9.17) is 27.6 Å². The van der Waals surface area contributed by atoms with Crippen molar-refractivity contribution in [3.05, 3.63) is 57.9 Å². The number of aryl methyl sites for hydroxylation is 2. The molecular weight excluding hydrogens is 335 g/mol. The smallest absolute Gasteiger partial charge is 0.224 e. The first-order valence-electron chi connectivity index (χ1n) is 7.12. The summed E-state index contributed by atoms with van der Waals surface area (Å²) in [6.45, 7) is 1.79. The third-order valence-electron chi connectivity index (χ3n) is 3.41. The van der Waals surface area contributed by atoms with Gasteiger partial charge in [0.15, 0.2) is 11.5 Å². The van der Waals surface area contributed by atoms with Crippen LogP contribution in [0.5, 0.6) is 0 Å². The molecular formula is C17H14Cl2N2O2. The average molecular weight is 349 g/mol. The van der Waals surface area contributed by atoms with Gasteiger partial charge in [-0.15, -0.1) is 0 Å². The van der Waals surface area contributed by atoms with Crippen LogP contribution >= 0.6 is 23.2 Å². The van der Waals surface area contributed by atoms with Gasteiger partial charge in [0.05, 0.1) is 0 Å². The third kappa shape index (κ3) is 3.84. The fraction of sp³-hybridized carbons (Fsp3) is 0.176. The fourth-order valence-corrected chi connectivity index (χ4v) is 2.82. The van der Waals surface area contributed by atoms with Crippen LogP contribution in [0.1, 0.15) is 17.9 Å². The number of oxazole rings is 1. The molecule has 2 aromatic carbocycles. The molecule has 6 heteroatoms. The van der Waals surface area contributed by atoms with Crippen molar-refractivity contribution in [3.8, 4) is 0 Å². The molecule has 0 radical (unpaired) electrons. The second kappa shape index (κ2) is 6.60. The van der Waals surface area contributed by atoms with Crippen molar-refractivity contribution in [2.45, 2.75) is 19.8 Å². The summed E-state index contributed by atoms with van der Waals surface area (Å²) >= 11 is 12.0. The van der Waals surface area contributed by atoms with Gasteiger partial charge in [-0.25, -0.2) is 4.98 Å². The molecule has 1 N–H and O–H groups in total. The monoisotopic (exact) mass is 348 g/mol. The number of carbonyl (C=O) groups excluding carboxylic acids is 1. The number of hydrogen-bond donors (Lipinski definition) is 1. The SMILES string of the molecule is Cc1nc2cc(NC(=O)CCc3ccc(Cl)cc3Cl)ccc2o1. The largest absolute Gasteiger partial charge is 0.441 e. The first kappa shape index (κ1) is 15.8. The van der Waals surface area contributed by atoms with E-state index in [2.05, 4.69) is 10.3 Å². The Hall–Kier alpha value is -2.04. The summed E-state index contributed by atoms with van der Waals surface area (Å²) in [6.07, 6.45) is 0.879. The number of aromatic nitrogens is 1. The highest BCUT2D eigenvalue weighted by molar-refractivity contribution is 6.35. The lowest BCUT2D eigenvalue weighted by Gasteiger charge is -2.06. The molecule has 4 nitrogen and oxygen atoms in total. The van der Waals surface area contributed by atoms with Crippen molar-refractivity contribution in [1.82, 2.24) is 4.98 Å². The summed E-state index contributed by atoms with van der Waals surface area (Å²) in [5.41, 5.74) is 3.02. The molecule has 118 valence electrons. The van der Waals surface area contributed by atoms with Gasteiger partial charge in [0.25, 0.3) is 0 Å². The van der Waals surface area contributed by atoms with Gasteiger partial charge >= 0.3 is 0 Å². The topological polar surface area (TPSA) is 55.1 Å². The van der Waals surface area contributed by atoms with Crippen LogP contribution < -0.4 is 5.32 Å². The number of carbonyl (C=O) groups is 1. The second-order valence-corrected chi connectivity index (χ2v) is 6.04. The Labute approximate surface area is 143 Å². The highest BCUT2D eigenvalue weighted by Gasteiger charge is 2.08. The zero-order valence-electron chi connectivity index (χ0n) is 12.4. The molecule has 3 rings (SSSR count). The standard InChI is InChI=1S/C17H14Cl2N2O2/c1-10-20-15-9-13(5-6-16(15)23-10)21-17(22)7-3-11-2-4-12(18)8-14(11)19/h2,4-6,8-9H,3,7H2,1H3,(H,21,22). The first-order valence-corrected chi connectivity index (χ1v) is 7.88. The lowest BCUT2D eigenvalue weighted by molar-refractivity contribution is -0.116. The minimum absolute atomic E-state index is 0.0874.